The minimum absolute atomic E-state index is 0.281. The lowest BCUT2D eigenvalue weighted by molar-refractivity contribution is -0.149. The quantitative estimate of drug-likeness (QED) is 0.845. The third-order valence-corrected chi connectivity index (χ3v) is 3.29. The van der Waals surface area contributed by atoms with Crippen LogP contribution in [-0.4, -0.2) is 23.3 Å². The molecule has 1 unspecified atom stereocenters. The average molecular weight is 239 g/mol. The number of carboxylic acids is 1. The molecule has 0 aliphatic heterocycles. The summed E-state index contributed by atoms with van der Waals surface area (Å²) in [7, 11) is 0. The Balaban J connectivity index is 3.55. The lowest BCUT2D eigenvalue weighted by Crippen LogP contribution is -2.56. The van der Waals surface area contributed by atoms with E-state index in [4.69, 9.17) is 5.73 Å². The van der Waals surface area contributed by atoms with Crippen molar-refractivity contribution in [2.24, 2.45) is 5.73 Å². The highest BCUT2D eigenvalue weighted by Crippen LogP contribution is 2.39. The van der Waals surface area contributed by atoms with Crippen LogP contribution in [-0.2, 0) is 10.2 Å². The standard InChI is InChI=1S/C13H18FNO2/c1-9-6-4-5-7-10(9)13(8-15,11(16)17)12(2,3)14/h4-7H,8,15H2,1-3H3,(H,16,17). The van der Waals surface area contributed by atoms with E-state index in [1.807, 2.05) is 0 Å². The zero-order valence-corrected chi connectivity index (χ0v) is 10.3. The Kier molecular flexibility index (Phi) is 3.57. The molecule has 0 aromatic heterocycles. The lowest BCUT2D eigenvalue weighted by atomic mass is 9.68. The highest BCUT2D eigenvalue weighted by Gasteiger charge is 2.53. The monoisotopic (exact) mass is 239 g/mol. The van der Waals surface area contributed by atoms with Crippen LogP contribution in [0.5, 0.6) is 0 Å². The van der Waals surface area contributed by atoms with Gasteiger partial charge in [0.2, 0.25) is 0 Å². The molecule has 3 nitrogen and oxygen atoms in total. The van der Waals surface area contributed by atoms with Gasteiger partial charge in [-0.05, 0) is 31.9 Å². The zero-order chi connectivity index (χ0) is 13.3. The topological polar surface area (TPSA) is 63.3 Å². The number of carbonyl (C=O) groups is 1. The van der Waals surface area contributed by atoms with Crippen molar-refractivity contribution in [2.45, 2.75) is 31.9 Å². The third kappa shape index (κ3) is 2.05. The maximum Gasteiger partial charge on any atom is 0.318 e. The second-order valence-electron chi connectivity index (χ2n) is 4.70. The van der Waals surface area contributed by atoms with E-state index in [0.29, 0.717) is 5.56 Å². The van der Waals surface area contributed by atoms with Crippen LogP contribution in [0.15, 0.2) is 24.3 Å². The number of nitrogens with two attached hydrogens (primary N) is 1. The Bertz CT molecular complexity index is 426. The van der Waals surface area contributed by atoms with Gasteiger partial charge in [0.15, 0.2) is 0 Å². The van der Waals surface area contributed by atoms with Crippen LogP contribution in [0.1, 0.15) is 25.0 Å². The Morgan fingerprint density at radius 3 is 2.29 bits per heavy atom. The first-order valence-corrected chi connectivity index (χ1v) is 5.46. The number of hydrogen-bond acceptors (Lipinski definition) is 2. The maximum absolute atomic E-state index is 14.4. The second kappa shape index (κ2) is 4.45. The fourth-order valence-electron chi connectivity index (χ4n) is 2.18. The number of rotatable bonds is 4. The van der Waals surface area contributed by atoms with Gasteiger partial charge in [0.05, 0.1) is 0 Å². The van der Waals surface area contributed by atoms with Gasteiger partial charge in [-0.25, -0.2) is 4.39 Å². The van der Waals surface area contributed by atoms with Crippen molar-refractivity contribution >= 4 is 5.97 Å². The summed E-state index contributed by atoms with van der Waals surface area (Å²) < 4.78 is 14.4. The van der Waals surface area contributed by atoms with Crippen LogP contribution in [0.3, 0.4) is 0 Å². The molecule has 0 bridgehead atoms. The molecule has 3 N–H and O–H groups in total. The maximum atomic E-state index is 14.4. The van der Waals surface area contributed by atoms with Gasteiger partial charge in [-0.15, -0.1) is 0 Å². The summed E-state index contributed by atoms with van der Waals surface area (Å²) in [4.78, 5) is 11.5. The first-order chi connectivity index (χ1) is 7.77. The molecule has 0 radical (unpaired) electrons. The molecule has 17 heavy (non-hydrogen) atoms. The summed E-state index contributed by atoms with van der Waals surface area (Å²) in [6.07, 6.45) is 0. The third-order valence-electron chi connectivity index (χ3n) is 3.29. The minimum atomic E-state index is -1.94. The van der Waals surface area contributed by atoms with E-state index in [-0.39, 0.29) is 6.54 Å². The number of halogens is 1. The van der Waals surface area contributed by atoms with Crippen LogP contribution in [0, 0.1) is 6.92 Å². The molecule has 0 fully saturated rings. The minimum Gasteiger partial charge on any atom is -0.480 e. The number of aryl methyl sites for hydroxylation is 1. The van der Waals surface area contributed by atoms with Crippen molar-refractivity contribution in [3.05, 3.63) is 35.4 Å². The van der Waals surface area contributed by atoms with Crippen molar-refractivity contribution in [3.63, 3.8) is 0 Å². The Morgan fingerprint density at radius 2 is 1.94 bits per heavy atom. The molecule has 0 aliphatic rings. The first kappa shape index (κ1) is 13.6. The van der Waals surface area contributed by atoms with Crippen LogP contribution >= 0.6 is 0 Å². The number of hydrogen-bond donors (Lipinski definition) is 2. The van der Waals surface area contributed by atoms with Crippen LogP contribution in [0.4, 0.5) is 4.39 Å². The van der Waals surface area contributed by atoms with Crippen molar-refractivity contribution in [2.75, 3.05) is 6.54 Å². The van der Waals surface area contributed by atoms with E-state index >= 15 is 0 Å². The molecule has 0 aliphatic carbocycles. The van der Waals surface area contributed by atoms with Crippen molar-refractivity contribution < 1.29 is 14.3 Å². The highest BCUT2D eigenvalue weighted by atomic mass is 19.1. The number of carboxylic acid groups (broad SMARTS) is 1. The van der Waals surface area contributed by atoms with E-state index in [1.54, 1.807) is 31.2 Å². The van der Waals surface area contributed by atoms with Crippen molar-refractivity contribution in [3.8, 4) is 0 Å². The van der Waals surface area contributed by atoms with Gasteiger partial charge in [0, 0.05) is 6.54 Å². The van der Waals surface area contributed by atoms with Crippen LogP contribution in [0.2, 0.25) is 0 Å². The largest absolute Gasteiger partial charge is 0.480 e. The summed E-state index contributed by atoms with van der Waals surface area (Å²) in [5.41, 5.74) is 3.08. The molecule has 0 saturated carbocycles. The van der Waals surface area contributed by atoms with E-state index in [9.17, 15) is 14.3 Å². The van der Waals surface area contributed by atoms with Crippen LogP contribution in [0.25, 0.3) is 0 Å². The van der Waals surface area contributed by atoms with E-state index in [2.05, 4.69) is 0 Å². The second-order valence-corrected chi connectivity index (χ2v) is 4.70. The summed E-state index contributed by atoms with van der Waals surface area (Å²) in [5.74, 6) is -1.23. The molecular weight excluding hydrogens is 221 g/mol. The Labute approximate surface area is 100 Å². The van der Waals surface area contributed by atoms with Gasteiger partial charge in [-0.2, -0.15) is 0 Å². The van der Waals surface area contributed by atoms with Crippen molar-refractivity contribution in [1.82, 2.24) is 0 Å². The summed E-state index contributed by atoms with van der Waals surface area (Å²) >= 11 is 0. The lowest BCUT2D eigenvalue weighted by Gasteiger charge is -2.38. The molecule has 4 heteroatoms. The number of aliphatic carboxylic acids is 1. The van der Waals surface area contributed by atoms with Gasteiger partial charge in [0.1, 0.15) is 11.1 Å². The molecule has 1 aromatic rings. The molecule has 0 amide bonds. The van der Waals surface area contributed by atoms with Gasteiger partial charge in [-0.1, -0.05) is 24.3 Å². The fourth-order valence-corrected chi connectivity index (χ4v) is 2.18. The van der Waals surface area contributed by atoms with Gasteiger partial charge in [-0.3, -0.25) is 4.79 Å². The smallest absolute Gasteiger partial charge is 0.318 e. The van der Waals surface area contributed by atoms with Gasteiger partial charge in [0.25, 0.3) is 0 Å². The SMILES string of the molecule is Cc1ccccc1C(CN)(C(=O)O)C(C)(C)F. The fraction of sp³-hybridized carbons (Fsp3) is 0.462. The number of alkyl halides is 1. The first-order valence-electron chi connectivity index (χ1n) is 5.46. The normalized spacial score (nSPS) is 15.4. The Hall–Kier alpha value is -1.42. The number of benzene rings is 1. The molecule has 0 saturated heterocycles. The molecule has 1 aromatic carbocycles. The van der Waals surface area contributed by atoms with Gasteiger partial charge < -0.3 is 10.8 Å². The van der Waals surface area contributed by atoms with E-state index < -0.39 is 17.1 Å². The highest BCUT2D eigenvalue weighted by molar-refractivity contribution is 5.84. The molecular formula is C13H18FNO2. The molecule has 94 valence electrons. The molecule has 0 heterocycles. The molecule has 1 rings (SSSR count). The molecule has 1 atom stereocenters. The zero-order valence-electron chi connectivity index (χ0n) is 10.3. The van der Waals surface area contributed by atoms with Gasteiger partial charge >= 0.3 is 5.97 Å². The summed E-state index contributed by atoms with van der Waals surface area (Å²) in [6, 6.07) is 6.86. The van der Waals surface area contributed by atoms with E-state index in [0.717, 1.165) is 5.56 Å². The average Bonchev–Trinajstić information content (AvgIpc) is 2.19. The van der Waals surface area contributed by atoms with Crippen molar-refractivity contribution in [1.29, 1.82) is 0 Å². The van der Waals surface area contributed by atoms with E-state index in [1.165, 1.54) is 13.8 Å². The molecule has 0 spiro atoms. The Morgan fingerprint density at radius 1 is 1.41 bits per heavy atom. The predicted molar refractivity (Wildman–Crippen MR) is 64.7 cm³/mol. The summed E-state index contributed by atoms with van der Waals surface area (Å²) in [6.45, 7) is 3.98. The van der Waals surface area contributed by atoms with Crippen LogP contribution < -0.4 is 5.73 Å². The summed E-state index contributed by atoms with van der Waals surface area (Å²) in [5, 5.41) is 9.42. The predicted octanol–water partition coefficient (Wildman–Crippen LogP) is 2.02.